The standard InChI is InChI=1S/C8H9N3/c1-6-3-8-4-7(2)10-11(8)5-9-6/h3-5H,1-2H3. The van der Waals surface area contributed by atoms with E-state index in [1.54, 1.807) is 10.8 Å². The van der Waals surface area contributed by atoms with Crippen molar-refractivity contribution in [2.24, 2.45) is 0 Å². The molecular weight excluding hydrogens is 138 g/mol. The van der Waals surface area contributed by atoms with E-state index in [2.05, 4.69) is 10.1 Å². The summed E-state index contributed by atoms with van der Waals surface area (Å²) in [5.41, 5.74) is 3.16. The molecule has 0 aliphatic heterocycles. The summed E-state index contributed by atoms with van der Waals surface area (Å²) in [6.45, 7) is 3.95. The van der Waals surface area contributed by atoms with Gasteiger partial charge in [-0.3, -0.25) is 0 Å². The van der Waals surface area contributed by atoms with Gasteiger partial charge in [0.05, 0.1) is 11.2 Å². The molecule has 0 N–H and O–H groups in total. The van der Waals surface area contributed by atoms with Gasteiger partial charge in [-0.2, -0.15) is 5.10 Å². The normalized spacial score (nSPS) is 10.7. The van der Waals surface area contributed by atoms with Gasteiger partial charge in [-0.05, 0) is 26.0 Å². The monoisotopic (exact) mass is 147 g/mol. The van der Waals surface area contributed by atoms with E-state index in [4.69, 9.17) is 0 Å². The molecule has 0 radical (unpaired) electrons. The van der Waals surface area contributed by atoms with E-state index in [1.165, 1.54) is 0 Å². The zero-order chi connectivity index (χ0) is 7.84. The van der Waals surface area contributed by atoms with Gasteiger partial charge in [0.2, 0.25) is 0 Å². The maximum Gasteiger partial charge on any atom is 0.117 e. The van der Waals surface area contributed by atoms with Gasteiger partial charge in [0.25, 0.3) is 0 Å². The Hall–Kier alpha value is -1.38. The SMILES string of the molecule is Cc1cc2cc(C)nn2cn1. The van der Waals surface area contributed by atoms with Crippen molar-refractivity contribution in [2.75, 3.05) is 0 Å². The van der Waals surface area contributed by atoms with Gasteiger partial charge in [-0.1, -0.05) is 0 Å². The van der Waals surface area contributed by atoms with Crippen LogP contribution in [0.3, 0.4) is 0 Å². The first-order valence-corrected chi connectivity index (χ1v) is 3.54. The summed E-state index contributed by atoms with van der Waals surface area (Å²) in [5.74, 6) is 0. The van der Waals surface area contributed by atoms with Crippen LogP contribution in [-0.2, 0) is 0 Å². The van der Waals surface area contributed by atoms with E-state index >= 15 is 0 Å². The van der Waals surface area contributed by atoms with E-state index in [9.17, 15) is 0 Å². The summed E-state index contributed by atoms with van der Waals surface area (Å²) in [7, 11) is 0. The Morgan fingerprint density at radius 2 is 1.91 bits per heavy atom. The molecule has 0 fully saturated rings. The fraction of sp³-hybridized carbons (Fsp3) is 0.250. The van der Waals surface area contributed by atoms with E-state index in [0.717, 1.165) is 16.9 Å². The second-order valence-corrected chi connectivity index (χ2v) is 2.69. The molecule has 0 atom stereocenters. The fourth-order valence-electron chi connectivity index (χ4n) is 1.13. The van der Waals surface area contributed by atoms with Crippen LogP contribution in [0.2, 0.25) is 0 Å². The van der Waals surface area contributed by atoms with Crippen LogP contribution in [0.1, 0.15) is 11.4 Å². The Labute approximate surface area is 64.7 Å². The number of fused-ring (bicyclic) bond motifs is 1. The highest BCUT2D eigenvalue weighted by Gasteiger charge is 1.96. The lowest BCUT2D eigenvalue weighted by Crippen LogP contribution is -1.90. The minimum atomic E-state index is 1.03. The number of hydrogen-bond acceptors (Lipinski definition) is 2. The molecule has 2 heterocycles. The van der Waals surface area contributed by atoms with Crippen LogP contribution in [0.15, 0.2) is 18.5 Å². The summed E-state index contributed by atoms with van der Waals surface area (Å²) in [5, 5.41) is 4.21. The molecule has 2 rings (SSSR count). The van der Waals surface area contributed by atoms with Crippen LogP contribution in [0.5, 0.6) is 0 Å². The average Bonchev–Trinajstić information content (AvgIpc) is 2.27. The van der Waals surface area contributed by atoms with Crippen LogP contribution in [0, 0.1) is 13.8 Å². The fourth-order valence-corrected chi connectivity index (χ4v) is 1.13. The topological polar surface area (TPSA) is 30.2 Å². The van der Waals surface area contributed by atoms with Crippen molar-refractivity contribution in [2.45, 2.75) is 13.8 Å². The number of hydrogen-bond donors (Lipinski definition) is 0. The number of aromatic nitrogens is 3. The first kappa shape index (κ1) is 6.34. The van der Waals surface area contributed by atoms with Gasteiger partial charge >= 0.3 is 0 Å². The predicted octanol–water partition coefficient (Wildman–Crippen LogP) is 1.35. The molecular formula is C8H9N3. The van der Waals surface area contributed by atoms with E-state index < -0.39 is 0 Å². The quantitative estimate of drug-likeness (QED) is 0.563. The Morgan fingerprint density at radius 3 is 2.73 bits per heavy atom. The summed E-state index contributed by atoms with van der Waals surface area (Å²) >= 11 is 0. The highest BCUT2D eigenvalue weighted by Crippen LogP contribution is 2.04. The summed E-state index contributed by atoms with van der Waals surface area (Å²) < 4.78 is 1.78. The molecule has 0 aliphatic rings. The van der Waals surface area contributed by atoms with Crippen molar-refractivity contribution < 1.29 is 0 Å². The van der Waals surface area contributed by atoms with Gasteiger partial charge in [0.15, 0.2) is 0 Å². The van der Waals surface area contributed by atoms with Crippen LogP contribution < -0.4 is 0 Å². The molecule has 2 aromatic heterocycles. The van der Waals surface area contributed by atoms with Gasteiger partial charge in [-0.25, -0.2) is 9.50 Å². The molecule has 2 aromatic rings. The zero-order valence-corrected chi connectivity index (χ0v) is 6.57. The molecule has 0 aromatic carbocycles. The summed E-state index contributed by atoms with van der Waals surface area (Å²) in [6, 6.07) is 4.05. The second-order valence-electron chi connectivity index (χ2n) is 2.69. The van der Waals surface area contributed by atoms with Crippen LogP contribution in [-0.4, -0.2) is 14.6 Å². The molecule has 0 spiro atoms. The summed E-state index contributed by atoms with van der Waals surface area (Å²) in [4.78, 5) is 4.12. The van der Waals surface area contributed by atoms with Crippen molar-refractivity contribution in [3.05, 3.63) is 29.8 Å². The van der Waals surface area contributed by atoms with Gasteiger partial charge in [0.1, 0.15) is 6.33 Å². The van der Waals surface area contributed by atoms with Crippen molar-refractivity contribution in [1.82, 2.24) is 14.6 Å². The number of rotatable bonds is 0. The lowest BCUT2D eigenvalue weighted by Gasteiger charge is -1.91. The molecule has 0 bridgehead atoms. The first-order chi connectivity index (χ1) is 5.25. The molecule has 0 aliphatic carbocycles. The Bertz CT molecular complexity index is 389. The lowest BCUT2D eigenvalue weighted by atomic mass is 10.3. The Morgan fingerprint density at radius 1 is 1.18 bits per heavy atom. The first-order valence-electron chi connectivity index (χ1n) is 3.54. The lowest BCUT2D eigenvalue weighted by molar-refractivity contribution is 0.891. The van der Waals surface area contributed by atoms with Crippen molar-refractivity contribution >= 4 is 5.52 Å². The molecule has 3 nitrogen and oxygen atoms in total. The van der Waals surface area contributed by atoms with Crippen molar-refractivity contribution in [3.63, 3.8) is 0 Å². The highest BCUT2D eigenvalue weighted by molar-refractivity contribution is 5.47. The van der Waals surface area contributed by atoms with Crippen molar-refractivity contribution in [3.8, 4) is 0 Å². The highest BCUT2D eigenvalue weighted by atomic mass is 15.2. The van der Waals surface area contributed by atoms with Crippen LogP contribution >= 0.6 is 0 Å². The zero-order valence-electron chi connectivity index (χ0n) is 6.57. The van der Waals surface area contributed by atoms with Crippen LogP contribution in [0.25, 0.3) is 5.52 Å². The molecule has 11 heavy (non-hydrogen) atoms. The molecule has 0 amide bonds. The average molecular weight is 147 g/mol. The van der Waals surface area contributed by atoms with Gasteiger partial charge in [0, 0.05) is 5.69 Å². The van der Waals surface area contributed by atoms with E-state index in [1.807, 2.05) is 26.0 Å². The van der Waals surface area contributed by atoms with E-state index in [0.29, 0.717) is 0 Å². The maximum absolute atomic E-state index is 4.21. The third-order valence-corrected chi connectivity index (χ3v) is 1.61. The smallest absolute Gasteiger partial charge is 0.117 e. The molecule has 0 saturated heterocycles. The predicted molar refractivity (Wildman–Crippen MR) is 42.5 cm³/mol. The second kappa shape index (κ2) is 2.05. The minimum absolute atomic E-state index is 1.03. The third kappa shape index (κ3) is 0.981. The number of nitrogens with zero attached hydrogens (tertiary/aromatic N) is 3. The van der Waals surface area contributed by atoms with Crippen molar-refractivity contribution in [1.29, 1.82) is 0 Å². The molecule has 3 heteroatoms. The van der Waals surface area contributed by atoms with Crippen LogP contribution in [0.4, 0.5) is 0 Å². The number of aryl methyl sites for hydroxylation is 2. The Balaban J connectivity index is 2.82. The largest absolute Gasteiger partial charge is 0.242 e. The maximum atomic E-state index is 4.21. The molecule has 0 unspecified atom stereocenters. The minimum Gasteiger partial charge on any atom is -0.242 e. The van der Waals surface area contributed by atoms with E-state index in [-0.39, 0.29) is 0 Å². The van der Waals surface area contributed by atoms with Gasteiger partial charge in [-0.15, -0.1) is 0 Å². The third-order valence-electron chi connectivity index (χ3n) is 1.61. The molecule has 0 saturated carbocycles. The molecule has 56 valence electrons. The Kier molecular flexibility index (Phi) is 1.18. The van der Waals surface area contributed by atoms with Gasteiger partial charge < -0.3 is 0 Å². The summed E-state index contributed by atoms with van der Waals surface area (Å²) in [6.07, 6.45) is 1.73.